The second-order valence-corrected chi connectivity index (χ2v) is 5.50. The Morgan fingerprint density at radius 1 is 1.21 bits per heavy atom. The number of benzene rings is 1. The number of nitrogens with zero attached hydrogens (tertiary/aromatic N) is 2. The number of piperidine rings is 1. The van der Waals surface area contributed by atoms with Crippen molar-refractivity contribution < 1.29 is 4.39 Å². The van der Waals surface area contributed by atoms with Crippen LogP contribution in [0.4, 0.5) is 10.1 Å². The maximum Gasteiger partial charge on any atom is 0.126 e. The van der Waals surface area contributed by atoms with Crippen molar-refractivity contribution >= 4 is 5.69 Å². The van der Waals surface area contributed by atoms with Crippen molar-refractivity contribution in [3.63, 3.8) is 0 Å². The maximum atomic E-state index is 13.5. The number of rotatable bonds is 3. The van der Waals surface area contributed by atoms with Crippen molar-refractivity contribution in [1.29, 1.82) is 5.26 Å². The lowest BCUT2D eigenvalue weighted by molar-refractivity contribution is 0.199. The van der Waals surface area contributed by atoms with Crippen molar-refractivity contribution in [2.75, 3.05) is 18.0 Å². The van der Waals surface area contributed by atoms with E-state index in [-0.39, 0.29) is 5.82 Å². The van der Waals surface area contributed by atoms with Gasteiger partial charge in [0.15, 0.2) is 0 Å². The van der Waals surface area contributed by atoms with Gasteiger partial charge < -0.3 is 4.90 Å². The molecular weight excluding hydrogens is 239 g/mol. The molecule has 0 aliphatic carbocycles. The molecule has 2 nitrogen and oxygen atoms in total. The summed E-state index contributed by atoms with van der Waals surface area (Å²) in [5.41, 5.74) is 1.71. The van der Waals surface area contributed by atoms with Crippen LogP contribution < -0.4 is 4.90 Å². The van der Waals surface area contributed by atoms with Gasteiger partial charge in [0.05, 0.1) is 11.6 Å². The summed E-state index contributed by atoms with van der Waals surface area (Å²) < 4.78 is 13.5. The molecule has 0 saturated carbocycles. The van der Waals surface area contributed by atoms with Crippen LogP contribution in [0.3, 0.4) is 0 Å². The first-order valence-corrected chi connectivity index (χ1v) is 7.08. The molecule has 0 aromatic heterocycles. The van der Waals surface area contributed by atoms with Crippen LogP contribution in [0.2, 0.25) is 0 Å². The summed E-state index contributed by atoms with van der Waals surface area (Å²) in [5.74, 6) is -0.322. The van der Waals surface area contributed by atoms with E-state index in [0.717, 1.165) is 31.6 Å². The normalized spacial score (nSPS) is 18.1. The van der Waals surface area contributed by atoms with E-state index >= 15 is 0 Å². The molecule has 2 rings (SSSR count). The summed E-state index contributed by atoms with van der Waals surface area (Å²) in [5, 5.41) is 8.91. The number of nitriles is 1. The lowest BCUT2D eigenvalue weighted by atomic mass is 9.74. The topological polar surface area (TPSA) is 27.0 Å². The molecule has 1 aliphatic rings. The molecule has 102 valence electrons. The van der Waals surface area contributed by atoms with E-state index in [9.17, 15) is 4.39 Å². The fraction of sp³-hybridized carbons (Fsp3) is 0.562. The van der Waals surface area contributed by atoms with Crippen LogP contribution in [0.1, 0.15) is 45.1 Å². The summed E-state index contributed by atoms with van der Waals surface area (Å²) >= 11 is 0. The first kappa shape index (κ1) is 13.9. The Hall–Kier alpha value is -1.56. The van der Waals surface area contributed by atoms with E-state index in [4.69, 9.17) is 5.26 Å². The number of hydrogen-bond donors (Lipinski definition) is 0. The van der Waals surface area contributed by atoms with Gasteiger partial charge in [-0.2, -0.15) is 5.26 Å². The van der Waals surface area contributed by atoms with Crippen LogP contribution >= 0.6 is 0 Å². The molecule has 1 saturated heterocycles. The standard InChI is InChI=1S/C16H21FN2/c1-3-16(4-2)5-7-19(8-6-16)15-10-13(12-18)9-14(17)11-15/h9-11H,3-8H2,1-2H3. The van der Waals surface area contributed by atoms with Gasteiger partial charge in [-0.1, -0.05) is 26.7 Å². The van der Waals surface area contributed by atoms with Gasteiger partial charge in [-0.3, -0.25) is 0 Å². The van der Waals surface area contributed by atoms with Gasteiger partial charge in [0.25, 0.3) is 0 Å². The van der Waals surface area contributed by atoms with E-state index < -0.39 is 0 Å². The molecule has 1 heterocycles. The Bertz CT molecular complexity index is 476. The van der Waals surface area contributed by atoms with Gasteiger partial charge in [0, 0.05) is 18.8 Å². The first-order chi connectivity index (χ1) is 9.12. The third-order valence-electron chi connectivity index (χ3n) is 4.70. The van der Waals surface area contributed by atoms with Crippen LogP contribution in [0.5, 0.6) is 0 Å². The molecule has 0 N–H and O–H groups in total. The monoisotopic (exact) mass is 260 g/mol. The Morgan fingerprint density at radius 2 is 1.84 bits per heavy atom. The fourth-order valence-corrected chi connectivity index (χ4v) is 3.02. The minimum Gasteiger partial charge on any atom is -0.371 e. The average molecular weight is 260 g/mol. The lowest BCUT2D eigenvalue weighted by Gasteiger charge is -2.42. The summed E-state index contributed by atoms with van der Waals surface area (Å²) in [7, 11) is 0. The molecule has 0 unspecified atom stereocenters. The largest absolute Gasteiger partial charge is 0.371 e. The molecule has 0 atom stereocenters. The molecule has 0 spiro atoms. The minimum absolute atomic E-state index is 0.322. The highest BCUT2D eigenvalue weighted by atomic mass is 19.1. The Morgan fingerprint density at radius 3 is 2.37 bits per heavy atom. The van der Waals surface area contributed by atoms with Crippen LogP contribution in [-0.4, -0.2) is 13.1 Å². The smallest absolute Gasteiger partial charge is 0.126 e. The second-order valence-electron chi connectivity index (χ2n) is 5.50. The summed E-state index contributed by atoms with van der Waals surface area (Å²) in [4.78, 5) is 2.20. The number of anilines is 1. The molecule has 1 fully saturated rings. The Balaban J connectivity index is 2.14. The van der Waals surface area contributed by atoms with Gasteiger partial charge in [-0.05, 0) is 36.5 Å². The van der Waals surface area contributed by atoms with E-state index in [2.05, 4.69) is 18.7 Å². The quantitative estimate of drug-likeness (QED) is 0.818. The Labute approximate surface area is 114 Å². The highest BCUT2D eigenvalue weighted by Gasteiger charge is 2.31. The van der Waals surface area contributed by atoms with Gasteiger partial charge >= 0.3 is 0 Å². The molecule has 1 aromatic rings. The zero-order chi connectivity index (χ0) is 13.9. The molecule has 0 amide bonds. The van der Waals surface area contributed by atoms with E-state index in [0.29, 0.717) is 11.0 Å². The van der Waals surface area contributed by atoms with Gasteiger partial charge in [0.1, 0.15) is 5.82 Å². The molecule has 1 aromatic carbocycles. The predicted molar refractivity (Wildman–Crippen MR) is 75.6 cm³/mol. The van der Waals surface area contributed by atoms with Gasteiger partial charge in [0.2, 0.25) is 0 Å². The van der Waals surface area contributed by atoms with Crippen LogP contribution in [0.15, 0.2) is 18.2 Å². The third-order valence-corrected chi connectivity index (χ3v) is 4.70. The second kappa shape index (κ2) is 5.61. The number of hydrogen-bond acceptors (Lipinski definition) is 2. The first-order valence-electron chi connectivity index (χ1n) is 7.08. The predicted octanol–water partition coefficient (Wildman–Crippen LogP) is 4.10. The van der Waals surface area contributed by atoms with E-state index in [1.54, 1.807) is 6.07 Å². The molecular formula is C16H21FN2. The summed E-state index contributed by atoms with van der Waals surface area (Å²) in [6.07, 6.45) is 4.73. The number of halogens is 1. The fourth-order valence-electron chi connectivity index (χ4n) is 3.02. The molecule has 19 heavy (non-hydrogen) atoms. The highest BCUT2D eigenvalue weighted by molar-refractivity contribution is 5.52. The lowest BCUT2D eigenvalue weighted by Crippen LogP contribution is -2.39. The van der Waals surface area contributed by atoms with Crippen LogP contribution in [0, 0.1) is 22.6 Å². The zero-order valence-electron chi connectivity index (χ0n) is 11.7. The summed E-state index contributed by atoms with van der Waals surface area (Å²) in [6.45, 7) is 6.43. The van der Waals surface area contributed by atoms with E-state index in [1.165, 1.54) is 25.0 Å². The molecule has 0 radical (unpaired) electrons. The third kappa shape index (κ3) is 2.89. The van der Waals surface area contributed by atoms with Crippen LogP contribution in [-0.2, 0) is 0 Å². The van der Waals surface area contributed by atoms with Crippen molar-refractivity contribution in [2.24, 2.45) is 5.41 Å². The highest BCUT2D eigenvalue weighted by Crippen LogP contribution is 2.39. The van der Waals surface area contributed by atoms with Gasteiger partial charge in [-0.15, -0.1) is 0 Å². The zero-order valence-corrected chi connectivity index (χ0v) is 11.7. The molecule has 0 bridgehead atoms. The molecule has 3 heteroatoms. The van der Waals surface area contributed by atoms with Gasteiger partial charge in [-0.25, -0.2) is 4.39 Å². The molecule has 1 aliphatic heterocycles. The summed E-state index contributed by atoms with van der Waals surface area (Å²) in [6, 6.07) is 6.63. The van der Waals surface area contributed by atoms with Crippen molar-refractivity contribution in [3.8, 4) is 6.07 Å². The minimum atomic E-state index is -0.322. The van der Waals surface area contributed by atoms with Crippen molar-refractivity contribution in [2.45, 2.75) is 39.5 Å². The average Bonchev–Trinajstić information content (AvgIpc) is 2.46. The van der Waals surface area contributed by atoms with Crippen LogP contribution in [0.25, 0.3) is 0 Å². The van der Waals surface area contributed by atoms with Crippen molar-refractivity contribution in [1.82, 2.24) is 0 Å². The van der Waals surface area contributed by atoms with E-state index in [1.807, 2.05) is 6.07 Å². The maximum absolute atomic E-state index is 13.5. The SMILES string of the molecule is CCC1(CC)CCN(c2cc(F)cc(C#N)c2)CC1. The Kier molecular flexibility index (Phi) is 4.09. The van der Waals surface area contributed by atoms with Crippen molar-refractivity contribution in [3.05, 3.63) is 29.6 Å².